The Bertz CT molecular complexity index is 947. The summed E-state index contributed by atoms with van der Waals surface area (Å²) >= 11 is 0. The van der Waals surface area contributed by atoms with Gasteiger partial charge in [0.15, 0.2) is 0 Å². The molecule has 0 aliphatic carbocycles. The van der Waals surface area contributed by atoms with E-state index >= 15 is 0 Å². The number of likely N-dealkylation sites (N-methyl/N-ethyl adjacent to an activating group) is 1. The summed E-state index contributed by atoms with van der Waals surface area (Å²) in [7, 11) is 3.47. The molecule has 2 heterocycles. The van der Waals surface area contributed by atoms with Crippen molar-refractivity contribution in [2.45, 2.75) is 33.2 Å². The number of aromatic nitrogens is 2. The molecule has 0 unspecified atom stereocenters. The first-order chi connectivity index (χ1) is 12.9. The average molecular weight is 365 g/mol. The quantitative estimate of drug-likeness (QED) is 0.721. The Hall–Kier alpha value is -2.66. The second-order valence-electron chi connectivity index (χ2n) is 7.09. The summed E-state index contributed by atoms with van der Waals surface area (Å²) in [6, 6.07) is 9.75. The van der Waals surface area contributed by atoms with Gasteiger partial charge in [0, 0.05) is 37.0 Å². The highest BCUT2D eigenvalue weighted by atomic mass is 16.5. The largest absolute Gasteiger partial charge is 0.382 e. The first kappa shape index (κ1) is 19.1. The van der Waals surface area contributed by atoms with Crippen molar-refractivity contribution < 1.29 is 9.53 Å². The van der Waals surface area contributed by atoms with E-state index in [-0.39, 0.29) is 11.9 Å². The van der Waals surface area contributed by atoms with Crippen LogP contribution in [0.25, 0.3) is 10.9 Å². The first-order valence-electron chi connectivity index (χ1n) is 9.17. The van der Waals surface area contributed by atoms with Crippen molar-refractivity contribution in [2.24, 2.45) is 0 Å². The molecule has 3 rings (SSSR count). The van der Waals surface area contributed by atoms with E-state index < -0.39 is 0 Å². The van der Waals surface area contributed by atoms with Crippen molar-refractivity contribution >= 4 is 16.8 Å². The molecule has 0 bridgehead atoms. The van der Waals surface area contributed by atoms with Crippen LogP contribution in [0.3, 0.4) is 0 Å². The van der Waals surface area contributed by atoms with Crippen LogP contribution in [0, 0.1) is 20.8 Å². The SMILES string of the molecule is COC[C@H](c1ccccn1)N(C)C(=O)Cc1c(C)[nH]c2c(C)ccc(C)c12. The van der Waals surface area contributed by atoms with Crippen molar-refractivity contribution in [3.63, 3.8) is 0 Å². The standard InChI is InChI=1S/C22H27N3O2/c1-14-9-10-15(2)22-21(14)17(16(3)24-22)12-20(26)25(4)19(13-27-5)18-8-6-7-11-23-18/h6-11,19,24H,12-13H2,1-5H3/t19-/m1/s1. The zero-order valence-electron chi connectivity index (χ0n) is 16.7. The number of nitrogens with one attached hydrogen (secondary N) is 1. The van der Waals surface area contributed by atoms with E-state index in [1.54, 1.807) is 18.2 Å². The molecule has 142 valence electrons. The van der Waals surface area contributed by atoms with Gasteiger partial charge >= 0.3 is 0 Å². The topological polar surface area (TPSA) is 58.2 Å². The smallest absolute Gasteiger partial charge is 0.227 e. The number of aromatic amines is 1. The molecule has 0 aliphatic rings. The molecule has 0 radical (unpaired) electrons. The van der Waals surface area contributed by atoms with E-state index in [1.165, 1.54) is 11.1 Å². The van der Waals surface area contributed by atoms with Gasteiger partial charge in [-0.05, 0) is 49.6 Å². The van der Waals surface area contributed by atoms with Gasteiger partial charge in [-0.2, -0.15) is 0 Å². The first-order valence-corrected chi connectivity index (χ1v) is 9.17. The summed E-state index contributed by atoms with van der Waals surface area (Å²) in [6.07, 6.45) is 2.09. The second-order valence-corrected chi connectivity index (χ2v) is 7.09. The molecule has 27 heavy (non-hydrogen) atoms. The lowest BCUT2D eigenvalue weighted by atomic mass is 10.0. The fraction of sp³-hybridized carbons (Fsp3) is 0.364. The number of carbonyl (C=O) groups excluding carboxylic acids is 1. The molecule has 3 aromatic rings. The monoisotopic (exact) mass is 365 g/mol. The van der Waals surface area contributed by atoms with Crippen molar-refractivity contribution in [1.82, 2.24) is 14.9 Å². The molecule has 5 nitrogen and oxygen atoms in total. The number of ether oxygens (including phenoxy) is 1. The molecule has 0 fully saturated rings. The zero-order chi connectivity index (χ0) is 19.6. The third-order valence-corrected chi connectivity index (χ3v) is 5.23. The van der Waals surface area contributed by atoms with Gasteiger partial charge < -0.3 is 14.6 Å². The number of pyridine rings is 1. The molecule has 0 aliphatic heterocycles. The number of benzene rings is 1. The molecule has 1 aromatic carbocycles. The Kier molecular flexibility index (Phi) is 5.61. The predicted molar refractivity (Wildman–Crippen MR) is 108 cm³/mol. The Morgan fingerprint density at radius 1 is 1.19 bits per heavy atom. The van der Waals surface area contributed by atoms with E-state index in [0.29, 0.717) is 13.0 Å². The van der Waals surface area contributed by atoms with E-state index in [2.05, 4.69) is 35.9 Å². The number of hydrogen-bond donors (Lipinski definition) is 1. The summed E-state index contributed by atoms with van der Waals surface area (Å²) in [5, 5.41) is 1.16. The number of methoxy groups -OCH3 is 1. The van der Waals surface area contributed by atoms with Gasteiger partial charge in [0.05, 0.1) is 24.8 Å². The molecule has 2 aromatic heterocycles. The minimum Gasteiger partial charge on any atom is -0.382 e. The highest BCUT2D eigenvalue weighted by Crippen LogP contribution is 2.29. The zero-order valence-corrected chi connectivity index (χ0v) is 16.7. The minimum absolute atomic E-state index is 0.0487. The Labute approximate surface area is 160 Å². The normalized spacial score (nSPS) is 12.3. The number of carbonyl (C=O) groups is 1. The number of nitrogens with zero attached hydrogens (tertiary/aromatic N) is 2. The average Bonchev–Trinajstić information content (AvgIpc) is 3.00. The Balaban J connectivity index is 1.91. The number of amides is 1. The number of H-pyrrole nitrogens is 1. The van der Waals surface area contributed by atoms with E-state index in [9.17, 15) is 4.79 Å². The Morgan fingerprint density at radius 3 is 2.59 bits per heavy atom. The lowest BCUT2D eigenvalue weighted by molar-refractivity contribution is -0.132. The molecule has 1 amide bonds. The summed E-state index contributed by atoms with van der Waals surface area (Å²) in [4.78, 5) is 22.7. The summed E-state index contributed by atoms with van der Waals surface area (Å²) < 4.78 is 5.35. The van der Waals surface area contributed by atoms with Gasteiger partial charge in [-0.15, -0.1) is 0 Å². The van der Waals surface area contributed by atoms with E-state index in [1.807, 2.05) is 32.2 Å². The maximum atomic E-state index is 13.1. The molecular weight excluding hydrogens is 338 g/mol. The van der Waals surface area contributed by atoms with Gasteiger partial charge in [-0.25, -0.2) is 0 Å². The molecule has 1 atom stereocenters. The van der Waals surface area contributed by atoms with Gasteiger partial charge in [-0.1, -0.05) is 18.2 Å². The third-order valence-electron chi connectivity index (χ3n) is 5.23. The number of rotatable bonds is 6. The summed E-state index contributed by atoms with van der Waals surface area (Å²) in [5.41, 5.74) is 6.44. The fourth-order valence-electron chi connectivity index (χ4n) is 3.61. The highest BCUT2D eigenvalue weighted by molar-refractivity contribution is 5.93. The highest BCUT2D eigenvalue weighted by Gasteiger charge is 2.24. The van der Waals surface area contributed by atoms with Crippen LogP contribution in [0.15, 0.2) is 36.5 Å². The minimum atomic E-state index is -0.211. The fourth-order valence-corrected chi connectivity index (χ4v) is 3.61. The van der Waals surface area contributed by atoms with Crippen molar-refractivity contribution in [2.75, 3.05) is 20.8 Å². The number of fused-ring (bicyclic) bond motifs is 1. The second kappa shape index (κ2) is 7.92. The number of hydrogen-bond acceptors (Lipinski definition) is 3. The summed E-state index contributed by atoms with van der Waals surface area (Å²) in [5.74, 6) is 0.0487. The van der Waals surface area contributed by atoms with Gasteiger partial charge in [0.1, 0.15) is 0 Å². The lowest BCUT2D eigenvalue weighted by Crippen LogP contribution is -2.35. The molecule has 0 spiro atoms. The van der Waals surface area contributed by atoms with Crippen LogP contribution in [-0.4, -0.2) is 41.5 Å². The molecule has 1 N–H and O–H groups in total. The maximum absolute atomic E-state index is 13.1. The van der Waals surface area contributed by atoms with Crippen molar-refractivity contribution in [3.8, 4) is 0 Å². The lowest BCUT2D eigenvalue weighted by Gasteiger charge is -2.27. The van der Waals surface area contributed by atoms with Gasteiger partial charge in [0.2, 0.25) is 5.91 Å². The number of aryl methyl sites for hydroxylation is 3. The van der Waals surface area contributed by atoms with Crippen LogP contribution < -0.4 is 0 Å². The van der Waals surface area contributed by atoms with Crippen molar-refractivity contribution in [3.05, 3.63) is 64.6 Å². The maximum Gasteiger partial charge on any atom is 0.227 e. The van der Waals surface area contributed by atoms with Crippen molar-refractivity contribution in [1.29, 1.82) is 0 Å². The van der Waals surface area contributed by atoms with Gasteiger partial charge in [-0.3, -0.25) is 9.78 Å². The van der Waals surface area contributed by atoms with Crippen LogP contribution in [-0.2, 0) is 16.0 Å². The van der Waals surface area contributed by atoms with Crippen LogP contribution in [0.4, 0.5) is 0 Å². The Morgan fingerprint density at radius 2 is 1.93 bits per heavy atom. The van der Waals surface area contributed by atoms with Crippen LogP contribution in [0.1, 0.15) is 34.1 Å². The van der Waals surface area contributed by atoms with Crippen LogP contribution in [0.2, 0.25) is 0 Å². The summed E-state index contributed by atoms with van der Waals surface area (Å²) in [6.45, 7) is 6.62. The molecule has 0 saturated heterocycles. The molecule has 0 saturated carbocycles. The van der Waals surface area contributed by atoms with Crippen LogP contribution in [0.5, 0.6) is 0 Å². The molecular formula is C22H27N3O2. The van der Waals surface area contributed by atoms with Gasteiger partial charge in [0.25, 0.3) is 0 Å². The molecule has 5 heteroatoms. The third kappa shape index (κ3) is 3.74. The van der Waals surface area contributed by atoms with E-state index in [4.69, 9.17) is 4.74 Å². The van der Waals surface area contributed by atoms with Crippen LogP contribution >= 0.6 is 0 Å². The predicted octanol–water partition coefficient (Wildman–Crippen LogP) is 3.88. The van der Waals surface area contributed by atoms with E-state index in [0.717, 1.165) is 27.9 Å².